The summed E-state index contributed by atoms with van der Waals surface area (Å²) in [5, 5.41) is 0. The van der Waals surface area contributed by atoms with E-state index in [1.165, 1.54) is 18.4 Å². The second-order valence-corrected chi connectivity index (χ2v) is 4.50. The Labute approximate surface area is 88.4 Å². The summed E-state index contributed by atoms with van der Waals surface area (Å²) in [5.74, 6) is 1.48. The van der Waals surface area contributed by atoms with E-state index in [9.17, 15) is 0 Å². The largest absolute Gasteiger partial charge is 0.0654 e. The average molecular weight is 190 g/mol. The summed E-state index contributed by atoms with van der Waals surface area (Å²) in [6.45, 7) is 9.15. The highest BCUT2D eigenvalue weighted by atomic mass is 14.2. The molecule has 1 atom stereocenters. The fraction of sp³-hybridized carbons (Fsp3) is 0.571. The van der Waals surface area contributed by atoms with E-state index >= 15 is 0 Å². The van der Waals surface area contributed by atoms with Crippen LogP contribution in [-0.4, -0.2) is 0 Å². The summed E-state index contributed by atoms with van der Waals surface area (Å²) in [6.07, 6.45) is 2.58. The number of rotatable bonds is 4. The fourth-order valence-electron chi connectivity index (χ4n) is 2.16. The molecule has 0 amide bonds. The van der Waals surface area contributed by atoms with Gasteiger partial charge in [0.25, 0.3) is 0 Å². The highest BCUT2D eigenvalue weighted by Gasteiger charge is 2.15. The van der Waals surface area contributed by atoms with Gasteiger partial charge in [-0.3, -0.25) is 0 Å². The molecule has 0 aromatic heterocycles. The van der Waals surface area contributed by atoms with Gasteiger partial charge in [0, 0.05) is 0 Å². The van der Waals surface area contributed by atoms with Crippen molar-refractivity contribution in [1.82, 2.24) is 0 Å². The van der Waals surface area contributed by atoms with Crippen LogP contribution in [0.3, 0.4) is 0 Å². The van der Waals surface area contributed by atoms with Gasteiger partial charge >= 0.3 is 0 Å². The molecule has 0 heterocycles. The Hall–Kier alpha value is -0.780. The van der Waals surface area contributed by atoms with Gasteiger partial charge in [-0.2, -0.15) is 0 Å². The lowest BCUT2D eigenvalue weighted by Crippen LogP contribution is -2.07. The summed E-state index contributed by atoms with van der Waals surface area (Å²) in [5.41, 5.74) is 2.99. The third-order valence-electron chi connectivity index (χ3n) is 2.99. The summed E-state index contributed by atoms with van der Waals surface area (Å²) in [7, 11) is 0. The third kappa shape index (κ3) is 2.60. The fourth-order valence-corrected chi connectivity index (χ4v) is 2.16. The zero-order valence-corrected chi connectivity index (χ0v) is 9.88. The molecule has 1 aromatic carbocycles. The molecule has 0 bridgehead atoms. The molecule has 14 heavy (non-hydrogen) atoms. The molecule has 0 saturated heterocycles. The molecule has 0 fully saturated rings. The van der Waals surface area contributed by atoms with Crippen LogP contribution in [-0.2, 0) is 0 Å². The maximum Gasteiger partial charge on any atom is -0.0136 e. The Kier molecular flexibility index (Phi) is 4.19. The normalized spacial score (nSPS) is 13.2. The Balaban J connectivity index is 2.93. The van der Waals surface area contributed by atoms with Crippen molar-refractivity contribution in [3.63, 3.8) is 0 Å². The summed E-state index contributed by atoms with van der Waals surface area (Å²) in [4.78, 5) is 0. The predicted octanol–water partition coefficient (Wildman–Crippen LogP) is 4.53. The first-order valence-electron chi connectivity index (χ1n) is 5.72. The van der Waals surface area contributed by atoms with Crippen molar-refractivity contribution in [2.24, 2.45) is 5.92 Å². The van der Waals surface area contributed by atoms with Crippen LogP contribution in [0.4, 0.5) is 0 Å². The van der Waals surface area contributed by atoms with E-state index < -0.39 is 0 Å². The van der Waals surface area contributed by atoms with Crippen molar-refractivity contribution in [2.75, 3.05) is 0 Å². The van der Waals surface area contributed by atoms with Gasteiger partial charge < -0.3 is 0 Å². The lowest BCUT2D eigenvalue weighted by Gasteiger charge is -2.22. The minimum atomic E-state index is 0.737. The minimum Gasteiger partial charge on any atom is -0.0654 e. The van der Waals surface area contributed by atoms with Crippen molar-refractivity contribution in [3.8, 4) is 0 Å². The molecule has 0 nitrogen and oxygen atoms in total. The molecular formula is C14H22. The lowest BCUT2D eigenvalue weighted by molar-refractivity contribution is 0.462. The van der Waals surface area contributed by atoms with Gasteiger partial charge in [0.1, 0.15) is 0 Å². The van der Waals surface area contributed by atoms with Gasteiger partial charge in [0.05, 0.1) is 0 Å². The molecule has 0 aliphatic carbocycles. The van der Waals surface area contributed by atoms with Gasteiger partial charge in [-0.05, 0) is 36.3 Å². The highest BCUT2D eigenvalue weighted by molar-refractivity contribution is 5.29. The zero-order valence-electron chi connectivity index (χ0n) is 9.88. The molecule has 0 aliphatic heterocycles. The van der Waals surface area contributed by atoms with E-state index in [-0.39, 0.29) is 0 Å². The van der Waals surface area contributed by atoms with Crippen LogP contribution in [0, 0.1) is 12.8 Å². The van der Waals surface area contributed by atoms with Crippen LogP contribution in [0.2, 0.25) is 0 Å². The van der Waals surface area contributed by atoms with Crippen LogP contribution >= 0.6 is 0 Å². The molecule has 0 aliphatic rings. The van der Waals surface area contributed by atoms with Gasteiger partial charge in [-0.1, -0.05) is 51.5 Å². The van der Waals surface area contributed by atoms with Crippen molar-refractivity contribution < 1.29 is 0 Å². The third-order valence-corrected chi connectivity index (χ3v) is 2.99. The van der Waals surface area contributed by atoms with E-state index in [2.05, 4.69) is 52.0 Å². The smallest absolute Gasteiger partial charge is 0.0136 e. The van der Waals surface area contributed by atoms with E-state index in [0.29, 0.717) is 0 Å². The topological polar surface area (TPSA) is 0 Å². The Bertz CT molecular complexity index is 273. The summed E-state index contributed by atoms with van der Waals surface area (Å²) < 4.78 is 0. The summed E-state index contributed by atoms with van der Waals surface area (Å²) in [6, 6.07) is 8.80. The molecular weight excluding hydrogens is 168 g/mol. The Morgan fingerprint density at radius 2 is 1.79 bits per heavy atom. The van der Waals surface area contributed by atoms with Crippen molar-refractivity contribution in [2.45, 2.75) is 46.5 Å². The first-order chi connectivity index (χ1) is 6.66. The maximum absolute atomic E-state index is 2.33. The first kappa shape index (κ1) is 11.3. The molecule has 78 valence electrons. The van der Waals surface area contributed by atoms with Gasteiger partial charge in [-0.15, -0.1) is 0 Å². The lowest BCUT2D eigenvalue weighted by atomic mass is 9.83. The molecule has 0 saturated carbocycles. The van der Waals surface area contributed by atoms with Crippen LogP contribution in [0.25, 0.3) is 0 Å². The van der Waals surface area contributed by atoms with E-state index in [0.717, 1.165) is 11.8 Å². The highest BCUT2D eigenvalue weighted by Crippen LogP contribution is 2.30. The molecule has 1 unspecified atom stereocenters. The Morgan fingerprint density at radius 3 is 2.29 bits per heavy atom. The zero-order chi connectivity index (χ0) is 10.6. The van der Waals surface area contributed by atoms with Crippen LogP contribution in [0.15, 0.2) is 24.3 Å². The molecule has 1 rings (SSSR count). The van der Waals surface area contributed by atoms with E-state index in [4.69, 9.17) is 0 Å². The maximum atomic E-state index is 2.33. The van der Waals surface area contributed by atoms with Crippen molar-refractivity contribution >= 4 is 0 Å². The molecule has 0 N–H and O–H groups in total. The standard InChI is InChI=1S/C14H22/c1-5-8-13(11(2)3)14-10-7-6-9-12(14)4/h6-7,9-11,13H,5,8H2,1-4H3. The predicted molar refractivity (Wildman–Crippen MR) is 63.7 cm³/mol. The average Bonchev–Trinajstić information content (AvgIpc) is 2.15. The monoisotopic (exact) mass is 190 g/mol. The van der Waals surface area contributed by atoms with Crippen molar-refractivity contribution in [1.29, 1.82) is 0 Å². The molecule has 0 heteroatoms. The first-order valence-corrected chi connectivity index (χ1v) is 5.72. The van der Waals surface area contributed by atoms with E-state index in [1.54, 1.807) is 5.56 Å². The van der Waals surface area contributed by atoms with Gasteiger partial charge in [0.2, 0.25) is 0 Å². The second-order valence-electron chi connectivity index (χ2n) is 4.50. The minimum absolute atomic E-state index is 0.737. The number of hydrogen-bond donors (Lipinski definition) is 0. The number of benzene rings is 1. The summed E-state index contributed by atoms with van der Waals surface area (Å²) >= 11 is 0. The molecule has 0 spiro atoms. The van der Waals surface area contributed by atoms with E-state index in [1.807, 2.05) is 0 Å². The van der Waals surface area contributed by atoms with Crippen LogP contribution in [0.1, 0.15) is 50.7 Å². The quantitative estimate of drug-likeness (QED) is 0.654. The number of aryl methyl sites for hydroxylation is 1. The molecule has 0 radical (unpaired) electrons. The van der Waals surface area contributed by atoms with Crippen LogP contribution in [0.5, 0.6) is 0 Å². The Morgan fingerprint density at radius 1 is 1.14 bits per heavy atom. The van der Waals surface area contributed by atoms with Crippen molar-refractivity contribution in [3.05, 3.63) is 35.4 Å². The van der Waals surface area contributed by atoms with Gasteiger partial charge in [-0.25, -0.2) is 0 Å². The van der Waals surface area contributed by atoms with Gasteiger partial charge in [0.15, 0.2) is 0 Å². The van der Waals surface area contributed by atoms with Crippen LogP contribution < -0.4 is 0 Å². The second kappa shape index (κ2) is 5.19. The molecule has 1 aromatic rings. The SMILES string of the molecule is CCCC(c1ccccc1C)C(C)C. The number of hydrogen-bond acceptors (Lipinski definition) is 0.